The van der Waals surface area contributed by atoms with E-state index in [1.54, 1.807) is 20.3 Å². The Morgan fingerprint density at radius 2 is 1.69 bits per heavy atom. The first-order chi connectivity index (χ1) is 12.7. The van der Waals surface area contributed by atoms with Gasteiger partial charge in [0.05, 0.1) is 32.3 Å². The largest absolute Gasteiger partial charge is 0.493 e. The lowest BCUT2D eigenvalue weighted by Crippen LogP contribution is -2.40. The van der Waals surface area contributed by atoms with Crippen molar-refractivity contribution in [2.24, 2.45) is 40.6 Å². The number of hydrogen-bond acceptors (Lipinski definition) is 5. The van der Waals surface area contributed by atoms with Crippen LogP contribution in [-0.4, -0.2) is 37.3 Å². The Hall–Kier alpha value is -2.63. The van der Waals surface area contributed by atoms with Crippen molar-refractivity contribution in [1.29, 1.82) is 0 Å². The zero-order valence-electron chi connectivity index (χ0n) is 14.7. The number of methoxy groups -OCH3 is 2. The number of imide groups is 1. The van der Waals surface area contributed by atoms with Crippen LogP contribution >= 0.6 is 0 Å². The molecule has 1 saturated heterocycles. The molecule has 4 aliphatic carbocycles. The standard InChI is InChI=1S/C20H20N2O4/c1-25-15-5-3-4-10(18(15)26-2)9-21-22-19(23)16-11-6-7-12(14-8-13(11)14)17(16)20(22)24/h3-7,9,11-14,16-17H,8H2,1-2H3/b21-9-/t11-,12-,13-,14-,16+,17+/m1/s1. The third kappa shape index (κ3) is 1.95. The number of rotatable bonds is 4. The van der Waals surface area contributed by atoms with Crippen LogP contribution in [0.4, 0.5) is 0 Å². The molecule has 1 aromatic rings. The molecule has 1 aromatic carbocycles. The second-order valence-electron chi connectivity index (χ2n) is 7.47. The van der Waals surface area contributed by atoms with Crippen molar-refractivity contribution in [1.82, 2.24) is 5.01 Å². The molecule has 3 fully saturated rings. The molecule has 0 spiro atoms. The van der Waals surface area contributed by atoms with Gasteiger partial charge in [0, 0.05) is 5.56 Å². The first-order valence-corrected chi connectivity index (χ1v) is 8.96. The quantitative estimate of drug-likeness (QED) is 0.473. The fraction of sp³-hybridized carbons (Fsp3) is 0.450. The number of allylic oxidation sites excluding steroid dienone is 2. The van der Waals surface area contributed by atoms with E-state index in [1.807, 2.05) is 12.1 Å². The number of hydrogen-bond donors (Lipinski definition) is 0. The second kappa shape index (κ2) is 5.43. The number of nitrogens with zero attached hydrogens (tertiary/aromatic N) is 2. The smallest absolute Gasteiger partial charge is 0.254 e. The van der Waals surface area contributed by atoms with E-state index in [0.29, 0.717) is 28.9 Å². The van der Waals surface area contributed by atoms with E-state index < -0.39 is 0 Å². The van der Waals surface area contributed by atoms with E-state index in [2.05, 4.69) is 17.3 Å². The summed E-state index contributed by atoms with van der Waals surface area (Å²) < 4.78 is 10.7. The monoisotopic (exact) mass is 352 g/mol. The Morgan fingerprint density at radius 3 is 2.27 bits per heavy atom. The summed E-state index contributed by atoms with van der Waals surface area (Å²) in [6, 6.07) is 5.41. The number of amides is 2. The van der Waals surface area contributed by atoms with Gasteiger partial charge in [0.2, 0.25) is 0 Å². The highest BCUT2D eigenvalue weighted by Gasteiger charge is 2.67. The Balaban J connectivity index is 1.45. The second-order valence-corrected chi connectivity index (χ2v) is 7.47. The van der Waals surface area contributed by atoms with Crippen LogP contribution in [0.1, 0.15) is 12.0 Å². The summed E-state index contributed by atoms with van der Waals surface area (Å²) in [4.78, 5) is 25.8. The Bertz CT molecular complexity index is 825. The number of carbonyl (C=O) groups is 2. The molecule has 2 bridgehead atoms. The number of hydrazone groups is 1. The average Bonchev–Trinajstić information content (AvgIpc) is 3.45. The van der Waals surface area contributed by atoms with Crippen LogP contribution in [0.2, 0.25) is 0 Å². The molecule has 6 rings (SSSR count). The molecule has 2 amide bonds. The highest BCUT2D eigenvalue weighted by molar-refractivity contribution is 6.06. The van der Waals surface area contributed by atoms with Gasteiger partial charge in [0.1, 0.15) is 0 Å². The lowest BCUT2D eigenvalue weighted by atomic mass is 9.63. The molecule has 1 heterocycles. The van der Waals surface area contributed by atoms with Gasteiger partial charge in [-0.1, -0.05) is 18.2 Å². The van der Waals surface area contributed by atoms with Gasteiger partial charge in [-0.2, -0.15) is 10.1 Å². The summed E-state index contributed by atoms with van der Waals surface area (Å²) in [6.07, 6.45) is 6.97. The van der Waals surface area contributed by atoms with E-state index in [-0.39, 0.29) is 35.5 Å². The predicted octanol–water partition coefficient (Wildman–Crippen LogP) is 2.09. The molecule has 5 aliphatic rings. The van der Waals surface area contributed by atoms with Crippen LogP contribution < -0.4 is 9.47 Å². The molecule has 0 aromatic heterocycles. The van der Waals surface area contributed by atoms with Crippen LogP contribution in [0, 0.1) is 35.5 Å². The molecule has 0 unspecified atom stereocenters. The van der Waals surface area contributed by atoms with Gasteiger partial charge in [0.15, 0.2) is 11.5 Å². The van der Waals surface area contributed by atoms with Crippen molar-refractivity contribution in [3.05, 3.63) is 35.9 Å². The van der Waals surface area contributed by atoms with Crippen molar-refractivity contribution in [3.63, 3.8) is 0 Å². The highest BCUT2D eigenvalue weighted by Crippen LogP contribution is 2.65. The summed E-state index contributed by atoms with van der Waals surface area (Å²) in [5.41, 5.74) is 0.659. The Kier molecular flexibility index (Phi) is 3.26. The maximum absolute atomic E-state index is 12.9. The molecule has 6 nitrogen and oxygen atoms in total. The summed E-state index contributed by atoms with van der Waals surface area (Å²) >= 11 is 0. The van der Waals surface area contributed by atoms with Gasteiger partial charge in [0.25, 0.3) is 11.8 Å². The lowest BCUT2D eigenvalue weighted by molar-refractivity contribution is -0.140. The maximum atomic E-state index is 12.9. The van der Waals surface area contributed by atoms with Crippen molar-refractivity contribution in [2.75, 3.05) is 14.2 Å². The molecule has 26 heavy (non-hydrogen) atoms. The van der Waals surface area contributed by atoms with E-state index in [1.165, 1.54) is 6.21 Å². The SMILES string of the molecule is COc1cccc(/C=N\N2C(=O)[C@H]3[C@@H]4C=C[C@H]([C@H]5C[C@H]45)[C@@H]3C2=O)c1OC. The summed E-state index contributed by atoms with van der Waals surface area (Å²) in [7, 11) is 3.11. The third-order valence-electron chi connectivity index (χ3n) is 6.39. The molecule has 1 aliphatic heterocycles. The van der Waals surface area contributed by atoms with Crippen LogP contribution in [0.15, 0.2) is 35.5 Å². The minimum Gasteiger partial charge on any atom is -0.493 e. The Morgan fingerprint density at radius 1 is 1.04 bits per heavy atom. The van der Waals surface area contributed by atoms with Gasteiger partial charge in [-0.15, -0.1) is 0 Å². The minimum absolute atomic E-state index is 0.164. The number of carbonyl (C=O) groups excluding carboxylic acids is 2. The lowest BCUT2D eigenvalue weighted by Gasteiger charge is -2.37. The van der Waals surface area contributed by atoms with Crippen LogP contribution in [0.3, 0.4) is 0 Å². The van der Waals surface area contributed by atoms with Crippen molar-refractivity contribution >= 4 is 18.0 Å². The van der Waals surface area contributed by atoms with E-state index >= 15 is 0 Å². The topological polar surface area (TPSA) is 68.2 Å². The Labute approximate surface area is 151 Å². The fourth-order valence-corrected chi connectivity index (χ4v) is 5.19. The molecule has 6 heteroatoms. The molecular formula is C20H20N2O4. The van der Waals surface area contributed by atoms with Crippen LogP contribution in [0.25, 0.3) is 0 Å². The summed E-state index contributed by atoms with van der Waals surface area (Å²) in [5, 5.41) is 5.32. The number of para-hydroxylation sites is 1. The summed E-state index contributed by atoms with van der Waals surface area (Å²) in [5.74, 6) is 1.90. The van der Waals surface area contributed by atoms with Crippen molar-refractivity contribution in [2.45, 2.75) is 6.42 Å². The maximum Gasteiger partial charge on any atom is 0.254 e. The number of ether oxygens (including phenoxy) is 2. The normalized spacial score (nSPS) is 36.5. The average molecular weight is 352 g/mol. The minimum atomic E-state index is -0.231. The molecule has 134 valence electrons. The molecule has 0 radical (unpaired) electrons. The number of benzene rings is 1. The fourth-order valence-electron chi connectivity index (χ4n) is 5.19. The zero-order valence-corrected chi connectivity index (χ0v) is 14.7. The molecule has 0 N–H and O–H groups in total. The van der Waals surface area contributed by atoms with Gasteiger partial charge in [-0.05, 0) is 42.2 Å². The van der Waals surface area contributed by atoms with Crippen LogP contribution in [0.5, 0.6) is 11.5 Å². The van der Waals surface area contributed by atoms with Crippen molar-refractivity contribution in [3.8, 4) is 11.5 Å². The van der Waals surface area contributed by atoms with E-state index in [4.69, 9.17) is 9.47 Å². The molecular weight excluding hydrogens is 332 g/mol. The van der Waals surface area contributed by atoms with E-state index in [0.717, 1.165) is 11.4 Å². The predicted molar refractivity (Wildman–Crippen MR) is 93.7 cm³/mol. The third-order valence-corrected chi connectivity index (χ3v) is 6.39. The van der Waals surface area contributed by atoms with Gasteiger partial charge < -0.3 is 9.47 Å². The van der Waals surface area contributed by atoms with Crippen molar-refractivity contribution < 1.29 is 19.1 Å². The van der Waals surface area contributed by atoms with Crippen LogP contribution in [-0.2, 0) is 9.59 Å². The van der Waals surface area contributed by atoms with E-state index in [9.17, 15) is 9.59 Å². The zero-order chi connectivity index (χ0) is 18.0. The molecule has 2 saturated carbocycles. The highest BCUT2D eigenvalue weighted by atomic mass is 16.5. The first-order valence-electron chi connectivity index (χ1n) is 8.96. The molecule has 6 atom stereocenters. The van der Waals surface area contributed by atoms with Gasteiger partial charge in [-0.25, -0.2) is 0 Å². The summed E-state index contributed by atoms with van der Waals surface area (Å²) in [6.45, 7) is 0. The van der Waals surface area contributed by atoms with Gasteiger partial charge in [-0.3, -0.25) is 9.59 Å². The first kappa shape index (κ1) is 15.6. The van der Waals surface area contributed by atoms with Gasteiger partial charge >= 0.3 is 0 Å².